The summed E-state index contributed by atoms with van der Waals surface area (Å²) in [6.07, 6.45) is 0.750. The van der Waals surface area contributed by atoms with Crippen LogP contribution in [-0.4, -0.2) is 11.9 Å². The van der Waals surface area contributed by atoms with Crippen LogP contribution in [0.3, 0.4) is 0 Å². The molecule has 0 aliphatic heterocycles. The third kappa shape index (κ3) is 29.8. The number of hydrogen-bond acceptors (Lipinski definition) is 3. The van der Waals surface area contributed by atoms with Gasteiger partial charge in [-0.1, -0.05) is 0 Å². The predicted octanol–water partition coefficient (Wildman–Crippen LogP) is -0.157. The van der Waals surface area contributed by atoms with Crippen LogP contribution >= 0.6 is 0 Å². The fourth-order valence-corrected chi connectivity index (χ4v) is 0. The van der Waals surface area contributed by atoms with Crippen molar-refractivity contribution >= 4 is 11.9 Å². The Labute approximate surface area is 41.3 Å². The largest absolute Gasteiger partial charge is 0.388 e. The molecule has 0 saturated heterocycles. The Morgan fingerprint density at radius 2 is 1.86 bits per heavy atom. The second kappa shape index (κ2) is 8.85. The lowest BCUT2D eigenvalue weighted by Crippen LogP contribution is -2.00. The highest BCUT2D eigenvalue weighted by atomic mass is 16.1. The Bertz CT molecular complexity index is 78.2. The standard InChI is InChI=1S/C2H6N2.CHNO/c1-2(3)4;2-1-3/h1H3,(H3,3,4);2H. The lowest BCUT2D eigenvalue weighted by atomic mass is 10.8. The number of rotatable bonds is 0. The zero-order valence-electron chi connectivity index (χ0n) is 3.99. The minimum absolute atomic E-state index is 0.167. The van der Waals surface area contributed by atoms with Crippen molar-refractivity contribution in [3.05, 3.63) is 0 Å². The quantitative estimate of drug-likeness (QED) is 0.225. The van der Waals surface area contributed by atoms with E-state index < -0.39 is 0 Å². The predicted molar refractivity (Wildman–Crippen MR) is 26.0 cm³/mol. The maximum absolute atomic E-state index is 8.35. The van der Waals surface area contributed by atoms with Gasteiger partial charge >= 0.3 is 0 Å². The molecule has 0 rings (SSSR count). The molecule has 0 bridgehead atoms. The first-order chi connectivity index (χ1) is 3.15. The third-order valence-corrected chi connectivity index (χ3v) is 0. The zero-order valence-corrected chi connectivity index (χ0v) is 3.99. The van der Waals surface area contributed by atoms with E-state index in [0.717, 1.165) is 6.08 Å². The zero-order chi connectivity index (χ0) is 6.28. The Morgan fingerprint density at radius 3 is 1.86 bits per heavy atom. The molecule has 0 amide bonds. The van der Waals surface area contributed by atoms with E-state index in [-0.39, 0.29) is 5.84 Å². The normalized spacial score (nSPS) is 4.71. The van der Waals surface area contributed by atoms with Gasteiger partial charge in [-0.2, -0.15) is 0 Å². The lowest BCUT2D eigenvalue weighted by Gasteiger charge is -1.66. The van der Waals surface area contributed by atoms with Crippen molar-refractivity contribution < 1.29 is 4.79 Å². The molecule has 4 N–H and O–H groups in total. The van der Waals surface area contributed by atoms with Gasteiger partial charge in [0.15, 0.2) is 0 Å². The maximum Gasteiger partial charge on any atom is 0.231 e. The van der Waals surface area contributed by atoms with Crippen LogP contribution in [-0.2, 0) is 4.79 Å². The lowest BCUT2D eigenvalue weighted by molar-refractivity contribution is 0.563. The summed E-state index contributed by atoms with van der Waals surface area (Å²) in [4.78, 5) is 8.35. The Balaban J connectivity index is 0. The molecule has 7 heavy (non-hydrogen) atoms. The van der Waals surface area contributed by atoms with E-state index in [4.69, 9.17) is 21.3 Å². The van der Waals surface area contributed by atoms with Gasteiger partial charge in [-0.3, -0.25) is 5.41 Å². The second-order valence-corrected chi connectivity index (χ2v) is 0.785. The summed E-state index contributed by atoms with van der Waals surface area (Å²) in [5, 5.41) is 11.7. The molecule has 0 aromatic rings. The maximum atomic E-state index is 8.35. The van der Waals surface area contributed by atoms with E-state index in [9.17, 15) is 0 Å². The molecule has 0 spiro atoms. The highest BCUT2D eigenvalue weighted by molar-refractivity contribution is 5.73. The molecule has 0 aliphatic carbocycles. The highest BCUT2D eigenvalue weighted by Crippen LogP contribution is 1.36. The van der Waals surface area contributed by atoms with Crippen molar-refractivity contribution in [2.24, 2.45) is 5.73 Å². The van der Waals surface area contributed by atoms with Crippen molar-refractivity contribution in [2.75, 3.05) is 0 Å². The molecule has 0 heterocycles. The van der Waals surface area contributed by atoms with E-state index in [1.165, 1.54) is 6.92 Å². The SMILES string of the molecule is CC(=N)N.N=C=O. The molecule has 4 heteroatoms. The topological polar surface area (TPSA) is 90.8 Å². The van der Waals surface area contributed by atoms with Gasteiger partial charge in [-0.05, 0) is 6.92 Å². The van der Waals surface area contributed by atoms with Crippen molar-refractivity contribution in [3.8, 4) is 0 Å². The van der Waals surface area contributed by atoms with Crippen LogP contribution in [0.1, 0.15) is 6.92 Å². The minimum atomic E-state index is 0.167. The van der Waals surface area contributed by atoms with Crippen LogP contribution in [0.2, 0.25) is 0 Å². The molecule has 0 aromatic heterocycles. The molecule has 0 aromatic carbocycles. The van der Waals surface area contributed by atoms with Crippen LogP contribution in [0.4, 0.5) is 0 Å². The number of nitrogens with one attached hydrogen (secondary N) is 2. The fraction of sp³-hybridized carbons (Fsp3) is 0.333. The molecule has 0 atom stereocenters. The molecule has 0 saturated carbocycles. The number of carbonyl (C=O) groups excluding carboxylic acids is 1. The van der Waals surface area contributed by atoms with Gasteiger partial charge in [0, 0.05) is 0 Å². The average molecular weight is 101 g/mol. The van der Waals surface area contributed by atoms with Gasteiger partial charge in [0.1, 0.15) is 0 Å². The fourth-order valence-electron chi connectivity index (χ4n) is 0. The number of hydrogen-bond donors (Lipinski definition) is 3. The van der Waals surface area contributed by atoms with Crippen LogP contribution in [0, 0.1) is 10.8 Å². The van der Waals surface area contributed by atoms with E-state index in [0.29, 0.717) is 0 Å². The van der Waals surface area contributed by atoms with Gasteiger partial charge in [0.05, 0.1) is 5.84 Å². The first kappa shape index (κ1) is 9.28. The van der Waals surface area contributed by atoms with Crippen molar-refractivity contribution in [3.63, 3.8) is 0 Å². The summed E-state index contributed by atoms with van der Waals surface area (Å²) >= 11 is 0. The molecule has 4 nitrogen and oxygen atoms in total. The highest BCUT2D eigenvalue weighted by Gasteiger charge is 1.53. The Kier molecular flexibility index (Phi) is 11.7. The van der Waals surface area contributed by atoms with Crippen LogP contribution in [0.15, 0.2) is 0 Å². The van der Waals surface area contributed by atoms with Gasteiger partial charge in [-0.25, -0.2) is 10.2 Å². The van der Waals surface area contributed by atoms with Gasteiger partial charge < -0.3 is 5.73 Å². The Hall–Kier alpha value is -1.15. The van der Waals surface area contributed by atoms with E-state index in [1.807, 2.05) is 0 Å². The number of isocyanates is 1. The summed E-state index contributed by atoms with van der Waals surface area (Å²) in [5.41, 5.74) is 4.69. The monoisotopic (exact) mass is 101 g/mol. The molecule has 40 valence electrons. The van der Waals surface area contributed by atoms with E-state index in [1.54, 1.807) is 0 Å². The van der Waals surface area contributed by atoms with Gasteiger partial charge in [0.25, 0.3) is 0 Å². The van der Waals surface area contributed by atoms with Crippen molar-refractivity contribution in [2.45, 2.75) is 6.92 Å². The summed E-state index contributed by atoms with van der Waals surface area (Å²) in [7, 11) is 0. The second-order valence-electron chi connectivity index (χ2n) is 0.785. The number of amidine groups is 1. The van der Waals surface area contributed by atoms with E-state index in [2.05, 4.69) is 0 Å². The third-order valence-electron chi connectivity index (χ3n) is 0. The molecule has 0 aliphatic rings. The van der Waals surface area contributed by atoms with Gasteiger partial charge in [-0.15, -0.1) is 0 Å². The molecular formula is C3H7N3O. The first-order valence-corrected chi connectivity index (χ1v) is 1.49. The minimum Gasteiger partial charge on any atom is -0.388 e. The number of nitrogens with two attached hydrogens (primary N) is 1. The summed E-state index contributed by atoms with van der Waals surface area (Å²) in [6.45, 7) is 1.53. The summed E-state index contributed by atoms with van der Waals surface area (Å²) < 4.78 is 0. The molecule has 0 fully saturated rings. The van der Waals surface area contributed by atoms with Crippen LogP contribution in [0.25, 0.3) is 0 Å². The van der Waals surface area contributed by atoms with Crippen LogP contribution < -0.4 is 5.73 Å². The first-order valence-electron chi connectivity index (χ1n) is 1.49. The van der Waals surface area contributed by atoms with Crippen LogP contribution in [0.5, 0.6) is 0 Å². The smallest absolute Gasteiger partial charge is 0.231 e. The molecule has 0 radical (unpaired) electrons. The van der Waals surface area contributed by atoms with Crippen molar-refractivity contribution in [1.29, 1.82) is 10.8 Å². The molecular weight excluding hydrogens is 94.1 g/mol. The molecule has 0 unspecified atom stereocenters. The summed E-state index contributed by atoms with van der Waals surface area (Å²) in [5.74, 6) is 0.167. The van der Waals surface area contributed by atoms with Crippen molar-refractivity contribution in [1.82, 2.24) is 0 Å². The average Bonchev–Trinajstić information content (AvgIpc) is 1.33. The van der Waals surface area contributed by atoms with E-state index >= 15 is 0 Å². The Morgan fingerprint density at radius 1 is 1.86 bits per heavy atom. The summed E-state index contributed by atoms with van der Waals surface area (Å²) in [6, 6.07) is 0. The van der Waals surface area contributed by atoms with Gasteiger partial charge in [0.2, 0.25) is 6.08 Å².